The summed E-state index contributed by atoms with van der Waals surface area (Å²) in [6.45, 7) is 9.23. The van der Waals surface area contributed by atoms with Crippen LogP contribution in [0.1, 0.15) is 50.3 Å². The number of halogens is 2. The maximum atomic E-state index is 13.8. The van der Waals surface area contributed by atoms with Crippen LogP contribution in [0.3, 0.4) is 0 Å². The molecule has 0 aliphatic heterocycles. The molecular formula is C32H33BrClN3O6. The Bertz CT molecular complexity index is 1770. The summed E-state index contributed by atoms with van der Waals surface area (Å²) in [5.41, 5.74) is 3.31. The highest BCUT2D eigenvalue weighted by Crippen LogP contribution is 2.42. The van der Waals surface area contributed by atoms with Crippen LogP contribution in [0.25, 0.3) is 22.3 Å². The third kappa shape index (κ3) is 6.86. The lowest BCUT2D eigenvalue weighted by molar-refractivity contribution is -0.149. The minimum atomic E-state index is -0.542. The first kappa shape index (κ1) is 32.0. The standard InChI is InChI=1S/C32H33BrClN3O6/c1-17(2)22-14-23(19(5)12-25(22)40-6)31-36-24-11-9-8-10-21(24)32(39)37(31)35-15-20-13-26(41-7)30(29(34)28(20)33)42-16-27(38)43-18(3)4/h8-15,17-18H,16H2,1-7H3. The van der Waals surface area contributed by atoms with Gasteiger partial charge in [0.25, 0.3) is 5.56 Å². The van der Waals surface area contributed by atoms with Crippen molar-refractivity contribution in [1.29, 1.82) is 0 Å². The zero-order valence-corrected chi connectivity index (χ0v) is 27.4. The molecule has 11 heteroatoms. The van der Waals surface area contributed by atoms with E-state index in [1.807, 2.05) is 25.1 Å². The van der Waals surface area contributed by atoms with Gasteiger partial charge in [-0.05, 0) is 84.1 Å². The van der Waals surface area contributed by atoms with Gasteiger partial charge in [-0.1, -0.05) is 37.6 Å². The molecular weight excluding hydrogens is 638 g/mol. The molecule has 0 saturated carbocycles. The number of hydrogen-bond donors (Lipinski definition) is 0. The summed E-state index contributed by atoms with van der Waals surface area (Å²) in [6, 6.07) is 12.7. The van der Waals surface area contributed by atoms with E-state index in [1.165, 1.54) is 18.0 Å². The van der Waals surface area contributed by atoms with Gasteiger partial charge in [-0.25, -0.2) is 9.78 Å². The number of ether oxygens (including phenoxy) is 4. The molecule has 4 rings (SSSR count). The molecule has 3 aromatic carbocycles. The molecule has 0 bridgehead atoms. The second-order valence-corrected chi connectivity index (χ2v) is 11.5. The molecule has 0 saturated heterocycles. The number of hydrogen-bond acceptors (Lipinski definition) is 8. The van der Waals surface area contributed by atoms with E-state index in [0.29, 0.717) is 26.8 Å². The summed E-state index contributed by atoms with van der Waals surface area (Å²) >= 11 is 10.1. The van der Waals surface area contributed by atoms with Crippen LogP contribution in [-0.2, 0) is 9.53 Å². The van der Waals surface area contributed by atoms with Crippen LogP contribution in [0.2, 0.25) is 5.02 Å². The molecule has 1 heterocycles. The minimum Gasteiger partial charge on any atom is -0.496 e. The molecule has 0 radical (unpaired) electrons. The van der Waals surface area contributed by atoms with Crippen LogP contribution >= 0.6 is 27.5 Å². The topological polar surface area (TPSA) is 101 Å². The monoisotopic (exact) mass is 669 g/mol. The Hall–Kier alpha value is -3.89. The summed E-state index contributed by atoms with van der Waals surface area (Å²) in [5, 5.41) is 5.18. The van der Waals surface area contributed by atoms with Crippen LogP contribution in [0, 0.1) is 6.92 Å². The number of fused-ring (bicyclic) bond motifs is 1. The van der Waals surface area contributed by atoms with Crippen molar-refractivity contribution >= 4 is 50.6 Å². The molecule has 226 valence electrons. The maximum absolute atomic E-state index is 13.8. The second kappa shape index (κ2) is 13.6. The predicted octanol–water partition coefficient (Wildman–Crippen LogP) is 7.14. The van der Waals surface area contributed by atoms with Gasteiger partial charge >= 0.3 is 5.97 Å². The maximum Gasteiger partial charge on any atom is 0.344 e. The zero-order chi connectivity index (χ0) is 31.4. The van der Waals surface area contributed by atoms with Crippen molar-refractivity contribution in [3.63, 3.8) is 0 Å². The summed E-state index contributed by atoms with van der Waals surface area (Å²) in [4.78, 5) is 30.7. The number of carbonyl (C=O) groups excluding carboxylic acids is 1. The molecule has 0 aliphatic carbocycles. The predicted molar refractivity (Wildman–Crippen MR) is 172 cm³/mol. The van der Waals surface area contributed by atoms with Gasteiger partial charge < -0.3 is 18.9 Å². The molecule has 0 unspecified atom stereocenters. The van der Waals surface area contributed by atoms with E-state index in [9.17, 15) is 9.59 Å². The van der Waals surface area contributed by atoms with Gasteiger partial charge in [0, 0.05) is 15.6 Å². The highest BCUT2D eigenvalue weighted by Gasteiger charge is 2.21. The first-order chi connectivity index (χ1) is 20.5. The minimum absolute atomic E-state index is 0.161. The smallest absolute Gasteiger partial charge is 0.344 e. The Morgan fingerprint density at radius 2 is 1.79 bits per heavy atom. The van der Waals surface area contributed by atoms with Gasteiger partial charge in [0.05, 0.1) is 37.4 Å². The summed E-state index contributed by atoms with van der Waals surface area (Å²) in [6.07, 6.45) is 1.20. The van der Waals surface area contributed by atoms with Crippen LogP contribution in [0.5, 0.6) is 17.2 Å². The molecule has 0 amide bonds. The van der Waals surface area contributed by atoms with E-state index in [1.54, 1.807) is 45.2 Å². The van der Waals surface area contributed by atoms with E-state index in [0.717, 1.165) is 22.4 Å². The largest absolute Gasteiger partial charge is 0.496 e. The fraction of sp³-hybridized carbons (Fsp3) is 0.312. The first-order valence-electron chi connectivity index (χ1n) is 13.6. The van der Waals surface area contributed by atoms with E-state index in [4.69, 9.17) is 35.5 Å². The Labute approximate surface area is 263 Å². The lowest BCUT2D eigenvalue weighted by Gasteiger charge is -2.17. The van der Waals surface area contributed by atoms with Gasteiger partial charge in [0.1, 0.15) is 10.8 Å². The third-order valence-corrected chi connectivity index (χ3v) is 8.03. The SMILES string of the molecule is COc1cc(C)c(-c2nc3ccccc3c(=O)n2N=Cc2cc(OC)c(OCC(=O)OC(C)C)c(Cl)c2Br)cc1C(C)C. The van der Waals surface area contributed by atoms with E-state index in [-0.39, 0.29) is 40.7 Å². The van der Waals surface area contributed by atoms with Crippen LogP contribution in [-0.4, -0.2) is 48.8 Å². The van der Waals surface area contributed by atoms with Crippen molar-refractivity contribution in [1.82, 2.24) is 9.66 Å². The average molecular weight is 671 g/mol. The zero-order valence-electron chi connectivity index (χ0n) is 25.0. The summed E-state index contributed by atoms with van der Waals surface area (Å²) in [7, 11) is 3.09. The molecule has 43 heavy (non-hydrogen) atoms. The van der Waals surface area contributed by atoms with Gasteiger partial charge in [-0.15, -0.1) is 0 Å². The van der Waals surface area contributed by atoms with E-state index >= 15 is 0 Å². The van der Waals surface area contributed by atoms with Gasteiger partial charge in [-0.3, -0.25) is 4.79 Å². The number of nitrogens with zero attached hydrogens (tertiary/aromatic N) is 3. The third-order valence-electron chi connectivity index (χ3n) is 6.58. The van der Waals surface area contributed by atoms with Crippen molar-refractivity contribution in [3.8, 4) is 28.6 Å². The van der Waals surface area contributed by atoms with Crippen molar-refractivity contribution in [2.45, 2.75) is 46.6 Å². The fourth-order valence-electron chi connectivity index (χ4n) is 4.50. The van der Waals surface area contributed by atoms with Crippen molar-refractivity contribution in [2.24, 2.45) is 5.10 Å². The van der Waals surface area contributed by atoms with Crippen molar-refractivity contribution in [3.05, 3.63) is 79.0 Å². The first-order valence-corrected chi connectivity index (χ1v) is 14.8. The fourth-order valence-corrected chi connectivity index (χ4v) is 5.16. The van der Waals surface area contributed by atoms with Gasteiger partial charge in [-0.2, -0.15) is 9.78 Å². The molecule has 4 aromatic rings. The molecule has 0 fully saturated rings. The van der Waals surface area contributed by atoms with E-state index in [2.05, 4.69) is 34.9 Å². The highest BCUT2D eigenvalue weighted by molar-refractivity contribution is 9.10. The van der Waals surface area contributed by atoms with Gasteiger partial charge in [0.2, 0.25) is 0 Å². The molecule has 1 aromatic heterocycles. The molecule has 0 aliphatic rings. The van der Waals surface area contributed by atoms with Crippen LogP contribution in [0.15, 0.2) is 56.8 Å². The van der Waals surface area contributed by atoms with Crippen LogP contribution in [0.4, 0.5) is 0 Å². The van der Waals surface area contributed by atoms with E-state index < -0.39 is 5.97 Å². The summed E-state index contributed by atoms with van der Waals surface area (Å²) < 4.78 is 23.6. The quantitative estimate of drug-likeness (QED) is 0.131. The Morgan fingerprint density at radius 1 is 1.09 bits per heavy atom. The lowest BCUT2D eigenvalue weighted by atomic mass is 9.96. The number of aryl methyl sites for hydroxylation is 1. The number of para-hydroxylation sites is 1. The molecule has 0 spiro atoms. The summed E-state index contributed by atoms with van der Waals surface area (Å²) in [5.74, 6) is 1.19. The normalized spacial score (nSPS) is 11.5. The Morgan fingerprint density at radius 3 is 2.44 bits per heavy atom. The number of benzene rings is 3. The van der Waals surface area contributed by atoms with Crippen molar-refractivity contribution in [2.75, 3.05) is 20.8 Å². The molecule has 0 atom stereocenters. The molecule has 0 N–H and O–H groups in total. The number of rotatable bonds is 10. The highest BCUT2D eigenvalue weighted by atomic mass is 79.9. The Balaban J connectivity index is 1.86. The average Bonchev–Trinajstić information content (AvgIpc) is 2.97. The molecule has 9 nitrogen and oxygen atoms in total. The number of esters is 1. The number of carbonyl (C=O) groups is 1. The van der Waals surface area contributed by atoms with Crippen molar-refractivity contribution < 1.29 is 23.7 Å². The van der Waals surface area contributed by atoms with Gasteiger partial charge in [0.15, 0.2) is 23.9 Å². The second-order valence-electron chi connectivity index (χ2n) is 10.3. The number of aromatic nitrogens is 2. The lowest BCUT2D eigenvalue weighted by Crippen LogP contribution is -2.21. The number of methoxy groups -OCH3 is 2. The van der Waals surface area contributed by atoms with Crippen LogP contribution < -0.4 is 19.8 Å². The Kier molecular flexibility index (Phi) is 10.1.